The molecule has 1 fully saturated rings. The van der Waals surface area contributed by atoms with Crippen LogP contribution in [0.1, 0.15) is 24.4 Å². The zero-order valence-electron chi connectivity index (χ0n) is 14.2. The van der Waals surface area contributed by atoms with Crippen molar-refractivity contribution in [2.24, 2.45) is 0 Å². The molecule has 3 rings (SSSR count). The van der Waals surface area contributed by atoms with E-state index < -0.39 is 0 Å². The molecule has 2 heterocycles. The highest BCUT2D eigenvalue weighted by atomic mass is 16.5. The third-order valence-electron chi connectivity index (χ3n) is 4.47. The van der Waals surface area contributed by atoms with Crippen molar-refractivity contribution in [2.75, 3.05) is 26.7 Å². The number of carbonyl (C=O) groups excluding carboxylic acids is 1. The van der Waals surface area contributed by atoms with E-state index in [0.717, 1.165) is 17.9 Å². The number of furan rings is 1. The molecule has 5 nitrogen and oxygen atoms in total. The van der Waals surface area contributed by atoms with Gasteiger partial charge < -0.3 is 14.1 Å². The molecule has 0 unspecified atom stereocenters. The quantitative estimate of drug-likeness (QED) is 0.847. The average Bonchev–Trinajstić information content (AvgIpc) is 3.10. The number of hydrogen-bond acceptors (Lipinski definition) is 4. The highest BCUT2D eigenvalue weighted by Crippen LogP contribution is 2.24. The first kappa shape index (κ1) is 16.7. The number of carbonyl (C=O) groups is 1. The highest BCUT2D eigenvalue weighted by Gasteiger charge is 2.29. The summed E-state index contributed by atoms with van der Waals surface area (Å²) >= 11 is 0. The van der Waals surface area contributed by atoms with E-state index in [1.807, 2.05) is 37.4 Å². The number of ether oxygens (including phenoxy) is 1. The van der Waals surface area contributed by atoms with Crippen LogP contribution >= 0.6 is 0 Å². The largest absolute Gasteiger partial charge is 0.467 e. The first-order valence-corrected chi connectivity index (χ1v) is 8.30. The molecule has 0 saturated carbocycles. The number of hydrogen-bond donors (Lipinski definition) is 0. The van der Waals surface area contributed by atoms with Crippen LogP contribution in [0.4, 0.5) is 0 Å². The lowest BCUT2D eigenvalue weighted by atomic mass is 10.1. The zero-order chi connectivity index (χ0) is 16.9. The molecule has 1 saturated heterocycles. The number of amides is 1. The Morgan fingerprint density at radius 3 is 2.75 bits per heavy atom. The molecule has 2 aromatic rings. The van der Waals surface area contributed by atoms with Gasteiger partial charge in [0.2, 0.25) is 5.91 Å². The van der Waals surface area contributed by atoms with Gasteiger partial charge in [0, 0.05) is 19.6 Å². The Hall–Kier alpha value is -2.11. The Kier molecular flexibility index (Phi) is 5.33. The number of morpholine rings is 1. The molecule has 0 bridgehead atoms. The van der Waals surface area contributed by atoms with Gasteiger partial charge in [0.25, 0.3) is 0 Å². The summed E-state index contributed by atoms with van der Waals surface area (Å²) in [7, 11) is 1.81. The van der Waals surface area contributed by atoms with Crippen LogP contribution in [0.15, 0.2) is 53.1 Å². The Labute approximate surface area is 142 Å². The summed E-state index contributed by atoms with van der Waals surface area (Å²) in [6.45, 7) is 4.35. The molecule has 2 atom stereocenters. The molecule has 0 N–H and O–H groups in total. The predicted octanol–water partition coefficient (Wildman–Crippen LogP) is 2.70. The van der Waals surface area contributed by atoms with Crippen molar-refractivity contribution in [3.63, 3.8) is 0 Å². The molecule has 128 valence electrons. The maximum absolute atomic E-state index is 12.5. The van der Waals surface area contributed by atoms with Gasteiger partial charge in [-0.2, -0.15) is 0 Å². The molecule has 5 heteroatoms. The van der Waals surface area contributed by atoms with E-state index in [-0.39, 0.29) is 18.1 Å². The first-order chi connectivity index (χ1) is 11.6. The molecule has 1 aliphatic heterocycles. The van der Waals surface area contributed by atoms with Crippen LogP contribution in [0.2, 0.25) is 0 Å². The third-order valence-corrected chi connectivity index (χ3v) is 4.47. The number of rotatable bonds is 5. The number of nitrogens with zero attached hydrogens (tertiary/aromatic N) is 2. The molecular weight excluding hydrogens is 304 g/mol. The maximum Gasteiger partial charge on any atom is 0.236 e. The molecule has 1 aromatic heterocycles. The Bertz CT molecular complexity index is 642. The van der Waals surface area contributed by atoms with Crippen LogP contribution in [-0.4, -0.2) is 48.5 Å². The third kappa shape index (κ3) is 4.04. The van der Waals surface area contributed by atoms with Gasteiger partial charge in [-0.25, -0.2) is 0 Å². The van der Waals surface area contributed by atoms with E-state index in [4.69, 9.17) is 9.15 Å². The summed E-state index contributed by atoms with van der Waals surface area (Å²) in [5.74, 6) is 0.884. The summed E-state index contributed by atoms with van der Waals surface area (Å²) < 4.78 is 11.3. The van der Waals surface area contributed by atoms with Crippen LogP contribution in [0, 0.1) is 0 Å². The Balaban J connectivity index is 1.59. The van der Waals surface area contributed by atoms with E-state index in [1.165, 1.54) is 0 Å². The van der Waals surface area contributed by atoms with Gasteiger partial charge in [-0.15, -0.1) is 0 Å². The average molecular weight is 328 g/mol. The summed E-state index contributed by atoms with van der Waals surface area (Å²) in [4.78, 5) is 16.4. The van der Waals surface area contributed by atoms with E-state index in [0.29, 0.717) is 19.7 Å². The second-order valence-electron chi connectivity index (χ2n) is 6.34. The Morgan fingerprint density at radius 2 is 2.04 bits per heavy atom. The lowest BCUT2D eigenvalue weighted by Gasteiger charge is -2.38. The minimum Gasteiger partial charge on any atom is -0.467 e. The van der Waals surface area contributed by atoms with Crippen molar-refractivity contribution in [2.45, 2.75) is 25.6 Å². The monoisotopic (exact) mass is 328 g/mol. The zero-order valence-corrected chi connectivity index (χ0v) is 14.2. The highest BCUT2D eigenvalue weighted by molar-refractivity contribution is 5.78. The van der Waals surface area contributed by atoms with E-state index in [2.05, 4.69) is 24.0 Å². The fraction of sp³-hybridized carbons (Fsp3) is 0.421. The van der Waals surface area contributed by atoms with Gasteiger partial charge in [0.05, 0.1) is 32.1 Å². The number of benzene rings is 1. The van der Waals surface area contributed by atoms with Gasteiger partial charge in [-0.3, -0.25) is 9.69 Å². The summed E-state index contributed by atoms with van der Waals surface area (Å²) in [6, 6.07) is 14.1. The van der Waals surface area contributed by atoms with Crippen molar-refractivity contribution in [1.82, 2.24) is 9.80 Å². The van der Waals surface area contributed by atoms with Crippen molar-refractivity contribution in [1.29, 1.82) is 0 Å². The topological polar surface area (TPSA) is 45.9 Å². The maximum atomic E-state index is 12.5. The summed E-state index contributed by atoms with van der Waals surface area (Å²) in [6.07, 6.45) is 1.65. The fourth-order valence-corrected chi connectivity index (χ4v) is 2.92. The molecule has 0 aliphatic carbocycles. The van der Waals surface area contributed by atoms with E-state index in [9.17, 15) is 4.79 Å². The smallest absolute Gasteiger partial charge is 0.236 e. The molecule has 1 aromatic carbocycles. The van der Waals surface area contributed by atoms with Crippen LogP contribution in [0.3, 0.4) is 0 Å². The summed E-state index contributed by atoms with van der Waals surface area (Å²) in [5.41, 5.74) is 1.16. The van der Waals surface area contributed by atoms with Gasteiger partial charge in [-0.05, 0) is 24.6 Å². The van der Waals surface area contributed by atoms with Gasteiger partial charge in [0.1, 0.15) is 5.76 Å². The van der Waals surface area contributed by atoms with Gasteiger partial charge >= 0.3 is 0 Å². The van der Waals surface area contributed by atoms with E-state index >= 15 is 0 Å². The fourth-order valence-electron chi connectivity index (χ4n) is 2.92. The van der Waals surface area contributed by atoms with Crippen LogP contribution in [0.5, 0.6) is 0 Å². The molecule has 1 aliphatic rings. The van der Waals surface area contributed by atoms with Crippen molar-refractivity contribution >= 4 is 5.91 Å². The first-order valence-electron chi connectivity index (χ1n) is 8.30. The molecule has 1 amide bonds. The molecule has 0 radical (unpaired) electrons. The SMILES string of the molecule is C[C@H]1CO[C@@H](c2ccccc2)CN1CC(=O)N(C)Cc1ccco1. The predicted molar refractivity (Wildman–Crippen MR) is 91.4 cm³/mol. The van der Waals surface area contributed by atoms with Crippen LogP contribution in [0.25, 0.3) is 0 Å². The molecule has 0 spiro atoms. The van der Waals surface area contributed by atoms with Crippen molar-refractivity contribution in [3.05, 3.63) is 60.1 Å². The molecular formula is C19H24N2O3. The standard InChI is InChI=1S/C19H24N2O3/c1-15-14-24-18(16-7-4-3-5-8-16)12-21(15)13-19(22)20(2)11-17-9-6-10-23-17/h3-10,15,18H,11-14H2,1-2H3/t15-,18+/m0/s1. The van der Waals surface area contributed by atoms with Gasteiger partial charge in [-0.1, -0.05) is 30.3 Å². The summed E-state index contributed by atoms with van der Waals surface area (Å²) in [5, 5.41) is 0. The second-order valence-corrected chi connectivity index (χ2v) is 6.34. The minimum atomic E-state index is 0.0191. The second kappa shape index (κ2) is 7.64. The van der Waals surface area contributed by atoms with Crippen molar-refractivity contribution < 1.29 is 13.9 Å². The Morgan fingerprint density at radius 1 is 1.25 bits per heavy atom. The number of likely N-dealkylation sites (N-methyl/N-ethyl adjacent to an activating group) is 1. The lowest BCUT2D eigenvalue weighted by Crippen LogP contribution is -2.49. The van der Waals surface area contributed by atoms with Gasteiger partial charge in [0.15, 0.2) is 0 Å². The minimum absolute atomic E-state index is 0.0191. The van der Waals surface area contributed by atoms with Crippen molar-refractivity contribution in [3.8, 4) is 0 Å². The van der Waals surface area contributed by atoms with E-state index in [1.54, 1.807) is 11.2 Å². The lowest BCUT2D eigenvalue weighted by molar-refractivity contribution is -0.136. The van der Waals surface area contributed by atoms with Crippen LogP contribution < -0.4 is 0 Å². The molecule has 24 heavy (non-hydrogen) atoms. The normalized spacial score (nSPS) is 21.6. The van der Waals surface area contributed by atoms with Crippen LogP contribution in [-0.2, 0) is 16.1 Å².